The third-order valence-corrected chi connectivity index (χ3v) is 6.43. The molecule has 2 aliphatic heterocycles. The molecule has 1 atom stereocenters. The van der Waals surface area contributed by atoms with Gasteiger partial charge in [0.1, 0.15) is 5.60 Å². The number of aromatic nitrogens is 1. The second-order valence-corrected chi connectivity index (χ2v) is 9.83. The number of carbonyl (C=O) groups excluding carboxylic acids is 1. The highest BCUT2D eigenvalue weighted by Gasteiger charge is 2.34. The highest BCUT2D eigenvalue weighted by molar-refractivity contribution is 5.83. The molecule has 30 heavy (non-hydrogen) atoms. The number of aromatic amines is 1. The first-order valence-electron chi connectivity index (χ1n) is 11.3. The summed E-state index contributed by atoms with van der Waals surface area (Å²) < 4.78 is 5.61. The van der Waals surface area contributed by atoms with E-state index in [2.05, 4.69) is 46.9 Å². The molecule has 1 unspecified atom stereocenters. The Labute approximate surface area is 180 Å². The molecular formula is C25H35N3O2. The SMILES string of the molecule is C=C(CN1CCC(c2c[nH]c3ccccc23)CC1)C1CCCN1C(=O)OC(C)(C)C. The van der Waals surface area contributed by atoms with Gasteiger partial charge in [-0.25, -0.2) is 4.79 Å². The highest BCUT2D eigenvalue weighted by atomic mass is 16.6. The zero-order valence-corrected chi connectivity index (χ0v) is 18.6. The van der Waals surface area contributed by atoms with Gasteiger partial charge in [-0.2, -0.15) is 0 Å². The molecule has 2 saturated heterocycles. The summed E-state index contributed by atoms with van der Waals surface area (Å²) in [6.07, 6.45) is 6.33. The fourth-order valence-corrected chi connectivity index (χ4v) is 4.96. The summed E-state index contributed by atoms with van der Waals surface area (Å²) in [6.45, 7) is 13.9. The Morgan fingerprint density at radius 1 is 1.17 bits per heavy atom. The lowest BCUT2D eigenvalue weighted by Crippen LogP contribution is -2.43. The summed E-state index contributed by atoms with van der Waals surface area (Å²) in [5, 5.41) is 1.36. The summed E-state index contributed by atoms with van der Waals surface area (Å²) >= 11 is 0. The van der Waals surface area contributed by atoms with Crippen LogP contribution in [0.15, 0.2) is 42.6 Å². The number of carbonyl (C=O) groups is 1. The van der Waals surface area contributed by atoms with Crippen LogP contribution in [0.3, 0.4) is 0 Å². The summed E-state index contributed by atoms with van der Waals surface area (Å²) in [5.74, 6) is 0.607. The predicted molar refractivity (Wildman–Crippen MR) is 122 cm³/mol. The summed E-state index contributed by atoms with van der Waals surface area (Å²) in [7, 11) is 0. The molecule has 3 heterocycles. The van der Waals surface area contributed by atoms with Crippen molar-refractivity contribution in [2.24, 2.45) is 0 Å². The van der Waals surface area contributed by atoms with E-state index in [0.717, 1.165) is 57.4 Å². The second-order valence-electron chi connectivity index (χ2n) is 9.83. The number of piperidine rings is 1. The van der Waals surface area contributed by atoms with Crippen molar-refractivity contribution in [2.75, 3.05) is 26.2 Å². The van der Waals surface area contributed by atoms with E-state index >= 15 is 0 Å². The van der Waals surface area contributed by atoms with Gasteiger partial charge in [0, 0.05) is 30.2 Å². The fourth-order valence-electron chi connectivity index (χ4n) is 4.96. The molecule has 2 aromatic rings. The number of para-hydroxylation sites is 1. The van der Waals surface area contributed by atoms with E-state index in [1.165, 1.54) is 16.5 Å². The van der Waals surface area contributed by atoms with Crippen LogP contribution < -0.4 is 0 Å². The molecule has 0 bridgehead atoms. The van der Waals surface area contributed by atoms with Crippen LogP contribution in [0.1, 0.15) is 57.9 Å². The Morgan fingerprint density at radius 2 is 1.90 bits per heavy atom. The molecule has 1 aromatic heterocycles. The molecule has 0 spiro atoms. The molecular weight excluding hydrogens is 374 g/mol. The van der Waals surface area contributed by atoms with Gasteiger partial charge in [-0.1, -0.05) is 24.8 Å². The van der Waals surface area contributed by atoms with Gasteiger partial charge >= 0.3 is 6.09 Å². The van der Waals surface area contributed by atoms with Crippen LogP contribution in [0.2, 0.25) is 0 Å². The largest absolute Gasteiger partial charge is 0.444 e. The maximum Gasteiger partial charge on any atom is 0.410 e. The van der Waals surface area contributed by atoms with Gasteiger partial charge < -0.3 is 14.6 Å². The van der Waals surface area contributed by atoms with E-state index in [9.17, 15) is 4.79 Å². The first-order chi connectivity index (χ1) is 14.3. The van der Waals surface area contributed by atoms with Crippen molar-refractivity contribution in [1.82, 2.24) is 14.8 Å². The Morgan fingerprint density at radius 3 is 2.63 bits per heavy atom. The smallest absolute Gasteiger partial charge is 0.410 e. The number of hydrogen-bond acceptors (Lipinski definition) is 3. The van der Waals surface area contributed by atoms with Crippen molar-refractivity contribution in [1.29, 1.82) is 0 Å². The summed E-state index contributed by atoms with van der Waals surface area (Å²) in [6, 6.07) is 8.68. The van der Waals surface area contributed by atoms with Crippen molar-refractivity contribution >= 4 is 17.0 Å². The number of likely N-dealkylation sites (tertiary alicyclic amines) is 2. The van der Waals surface area contributed by atoms with Gasteiger partial charge in [0.15, 0.2) is 0 Å². The maximum absolute atomic E-state index is 12.6. The molecule has 2 fully saturated rings. The zero-order valence-electron chi connectivity index (χ0n) is 18.6. The van der Waals surface area contributed by atoms with E-state index in [4.69, 9.17) is 4.74 Å². The Bertz CT molecular complexity index is 902. The first-order valence-corrected chi connectivity index (χ1v) is 11.3. The van der Waals surface area contributed by atoms with Crippen LogP contribution in [-0.2, 0) is 4.74 Å². The van der Waals surface area contributed by atoms with Crippen molar-refractivity contribution < 1.29 is 9.53 Å². The van der Waals surface area contributed by atoms with Crippen molar-refractivity contribution in [2.45, 2.75) is 64.0 Å². The number of H-pyrrole nitrogens is 1. The van der Waals surface area contributed by atoms with Crippen LogP contribution in [0.5, 0.6) is 0 Å². The molecule has 0 radical (unpaired) electrons. The lowest BCUT2D eigenvalue weighted by molar-refractivity contribution is 0.0244. The second kappa shape index (κ2) is 8.46. The number of amides is 1. The molecule has 2 aliphatic rings. The lowest BCUT2D eigenvalue weighted by atomic mass is 9.89. The van der Waals surface area contributed by atoms with Crippen LogP contribution in [0.25, 0.3) is 10.9 Å². The van der Waals surface area contributed by atoms with Crippen molar-refractivity contribution in [3.63, 3.8) is 0 Å². The molecule has 1 amide bonds. The molecule has 4 rings (SSSR count). The van der Waals surface area contributed by atoms with Gasteiger partial charge in [-0.05, 0) is 82.7 Å². The molecule has 5 heteroatoms. The average Bonchev–Trinajstić information content (AvgIpc) is 3.35. The Balaban J connectivity index is 1.32. The molecule has 5 nitrogen and oxygen atoms in total. The van der Waals surface area contributed by atoms with Crippen LogP contribution in [-0.4, -0.2) is 58.7 Å². The standard InChI is InChI=1S/C25H35N3O2/c1-18(23-10-7-13-28(23)24(29)30-25(2,3)4)17-27-14-11-19(12-15-27)21-16-26-22-9-6-5-8-20(21)22/h5-6,8-9,16,19,23,26H,1,7,10-15,17H2,2-4H3. The highest BCUT2D eigenvalue weighted by Crippen LogP contribution is 2.34. The quantitative estimate of drug-likeness (QED) is 0.697. The Hall–Kier alpha value is -2.27. The predicted octanol–water partition coefficient (Wildman–Crippen LogP) is 5.30. The third-order valence-electron chi connectivity index (χ3n) is 6.43. The summed E-state index contributed by atoms with van der Waals surface area (Å²) in [5.41, 5.74) is 3.36. The molecule has 162 valence electrons. The van der Waals surface area contributed by atoms with Crippen molar-refractivity contribution in [3.8, 4) is 0 Å². The van der Waals surface area contributed by atoms with Gasteiger partial charge in [-0.15, -0.1) is 0 Å². The van der Waals surface area contributed by atoms with E-state index in [1.807, 2.05) is 25.7 Å². The number of benzene rings is 1. The maximum atomic E-state index is 12.6. The van der Waals surface area contributed by atoms with Crippen LogP contribution in [0.4, 0.5) is 4.79 Å². The average molecular weight is 410 g/mol. The Kier molecular flexibility index (Phi) is 5.92. The molecule has 1 N–H and O–H groups in total. The minimum Gasteiger partial charge on any atom is -0.444 e. The van der Waals surface area contributed by atoms with Crippen LogP contribution in [0, 0.1) is 0 Å². The van der Waals surface area contributed by atoms with E-state index in [1.54, 1.807) is 0 Å². The van der Waals surface area contributed by atoms with Gasteiger partial charge in [-0.3, -0.25) is 4.90 Å². The van der Waals surface area contributed by atoms with Crippen molar-refractivity contribution in [3.05, 3.63) is 48.2 Å². The molecule has 0 saturated carbocycles. The first kappa shape index (κ1) is 21.0. The number of nitrogens with zero attached hydrogens (tertiary/aromatic N) is 2. The summed E-state index contributed by atoms with van der Waals surface area (Å²) in [4.78, 5) is 20.4. The number of ether oxygens (including phenoxy) is 1. The van der Waals surface area contributed by atoms with Gasteiger partial charge in [0.2, 0.25) is 0 Å². The number of rotatable bonds is 4. The lowest BCUT2D eigenvalue weighted by Gasteiger charge is -2.35. The zero-order chi connectivity index (χ0) is 21.3. The molecule has 0 aliphatic carbocycles. The van der Waals surface area contributed by atoms with Gasteiger partial charge in [0.25, 0.3) is 0 Å². The third kappa shape index (κ3) is 4.56. The van der Waals surface area contributed by atoms with E-state index < -0.39 is 5.60 Å². The minimum atomic E-state index is -0.462. The number of hydrogen-bond donors (Lipinski definition) is 1. The number of nitrogens with one attached hydrogen (secondary N) is 1. The van der Waals surface area contributed by atoms with Crippen LogP contribution >= 0.6 is 0 Å². The fraction of sp³-hybridized carbons (Fsp3) is 0.560. The number of fused-ring (bicyclic) bond motifs is 1. The molecule has 1 aromatic carbocycles. The van der Waals surface area contributed by atoms with Gasteiger partial charge in [0.05, 0.1) is 6.04 Å². The topological polar surface area (TPSA) is 48.6 Å². The normalized spacial score (nSPS) is 21.3. The van der Waals surface area contributed by atoms with E-state index in [-0.39, 0.29) is 12.1 Å². The minimum absolute atomic E-state index is 0.103. The van der Waals surface area contributed by atoms with E-state index in [0.29, 0.717) is 5.92 Å². The monoisotopic (exact) mass is 409 g/mol.